The van der Waals surface area contributed by atoms with Crippen LogP contribution in [-0.2, 0) is 27.2 Å². The van der Waals surface area contributed by atoms with Gasteiger partial charge in [-0.3, -0.25) is 4.79 Å². The van der Waals surface area contributed by atoms with Gasteiger partial charge in [0.2, 0.25) is 0 Å². The van der Waals surface area contributed by atoms with E-state index in [0.717, 1.165) is 28.7 Å². The van der Waals surface area contributed by atoms with Crippen LogP contribution >= 0.6 is 0 Å². The molecule has 6 nitrogen and oxygen atoms in total. The van der Waals surface area contributed by atoms with Crippen LogP contribution in [0.25, 0.3) is 0 Å². The van der Waals surface area contributed by atoms with Gasteiger partial charge in [0.15, 0.2) is 6.61 Å². The highest BCUT2D eigenvalue weighted by molar-refractivity contribution is 5.67. The molecular formula is C17H24NO5+. The van der Waals surface area contributed by atoms with E-state index in [1.165, 1.54) is 12.5 Å². The zero-order valence-electron chi connectivity index (χ0n) is 14.3. The maximum absolute atomic E-state index is 11.5. The maximum Gasteiger partial charge on any atom is 0.475 e. The number of hydrogen-bond donors (Lipinski definition) is 1. The van der Waals surface area contributed by atoms with Gasteiger partial charge >= 0.3 is 11.1 Å². The molecule has 6 heteroatoms. The molecule has 0 aliphatic heterocycles. The standard InChI is InChI=1S/C17H24NO5/c1-10-8-13-9-17(4,5)16(23-12(3)19)15(13)11(2)14(10)6-7-22-18(20)21/h8,16H,6-7,9H2,1-5H3,(H,20,21)/q+1. The number of aryl methyl sites for hydroxylation is 1. The van der Waals surface area contributed by atoms with Crippen molar-refractivity contribution in [2.24, 2.45) is 5.41 Å². The molecule has 1 aliphatic carbocycles. The molecule has 2 rings (SSSR count). The largest absolute Gasteiger partial charge is 0.475 e. The molecular weight excluding hydrogens is 298 g/mol. The fraction of sp³-hybridized carbons (Fsp3) is 0.588. The first-order valence-electron chi connectivity index (χ1n) is 7.71. The molecule has 0 saturated carbocycles. The van der Waals surface area contributed by atoms with E-state index in [1.807, 2.05) is 13.8 Å². The van der Waals surface area contributed by atoms with E-state index in [-0.39, 0.29) is 24.1 Å². The minimum atomic E-state index is -0.525. The van der Waals surface area contributed by atoms with Crippen LogP contribution in [0.1, 0.15) is 54.7 Å². The van der Waals surface area contributed by atoms with E-state index in [9.17, 15) is 9.70 Å². The van der Waals surface area contributed by atoms with Crippen molar-refractivity contribution in [2.75, 3.05) is 6.61 Å². The summed E-state index contributed by atoms with van der Waals surface area (Å²) in [4.78, 5) is 26.5. The first-order chi connectivity index (χ1) is 10.6. The zero-order chi connectivity index (χ0) is 17.4. The molecule has 0 aromatic heterocycles. The lowest BCUT2D eigenvalue weighted by Crippen LogP contribution is -2.22. The number of fused-ring (bicyclic) bond motifs is 1. The van der Waals surface area contributed by atoms with E-state index in [0.29, 0.717) is 6.42 Å². The summed E-state index contributed by atoms with van der Waals surface area (Å²) in [6.07, 6.45) is 1.07. The van der Waals surface area contributed by atoms with E-state index in [2.05, 4.69) is 24.8 Å². The van der Waals surface area contributed by atoms with Gasteiger partial charge in [0, 0.05) is 18.8 Å². The Labute approximate surface area is 135 Å². The van der Waals surface area contributed by atoms with E-state index in [1.54, 1.807) is 0 Å². The Morgan fingerprint density at radius 3 is 2.65 bits per heavy atom. The fourth-order valence-electron chi connectivity index (χ4n) is 3.61. The highest BCUT2D eigenvalue weighted by Crippen LogP contribution is 2.49. The smallest absolute Gasteiger partial charge is 0.457 e. The van der Waals surface area contributed by atoms with Crippen molar-refractivity contribution in [3.05, 3.63) is 38.8 Å². The lowest BCUT2D eigenvalue weighted by atomic mass is 9.86. The number of hydrogen-bond acceptors (Lipinski definition) is 4. The van der Waals surface area contributed by atoms with Crippen LogP contribution in [0.3, 0.4) is 0 Å². The summed E-state index contributed by atoms with van der Waals surface area (Å²) in [5, 5.41) is 8.01. The van der Waals surface area contributed by atoms with Crippen molar-refractivity contribution in [1.29, 1.82) is 0 Å². The summed E-state index contributed by atoms with van der Waals surface area (Å²) in [7, 11) is 0. The Morgan fingerprint density at radius 2 is 2.09 bits per heavy atom. The van der Waals surface area contributed by atoms with Gasteiger partial charge in [-0.15, -0.1) is 0 Å². The molecule has 1 aromatic carbocycles. The van der Waals surface area contributed by atoms with Gasteiger partial charge in [-0.1, -0.05) is 19.9 Å². The number of benzene rings is 1. The topological polar surface area (TPSA) is 75.8 Å². The van der Waals surface area contributed by atoms with E-state index >= 15 is 0 Å². The Bertz CT molecular complexity index is 651. The first-order valence-corrected chi connectivity index (χ1v) is 7.71. The second-order valence-electron chi connectivity index (χ2n) is 6.85. The number of carbonyl (C=O) groups excluding carboxylic acids is 1. The Hall–Kier alpha value is -2.11. The van der Waals surface area contributed by atoms with Crippen LogP contribution in [0.2, 0.25) is 0 Å². The van der Waals surface area contributed by atoms with Crippen molar-refractivity contribution in [1.82, 2.24) is 0 Å². The van der Waals surface area contributed by atoms with Gasteiger partial charge in [-0.25, -0.2) is 5.21 Å². The number of esters is 1. The molecule has 0 heterocycles. The molecule has 0 amide bonds. The van der Waals surface area contributed by atoms with Gasteiger partial charge < -0.3 is 4.74 Å². The van der Waals surface area contributed by atoms with Crippen molar-refractivity contribution < 1.29 is 24.7 Å². The van der Waals surface area contributed by atoms with Crippen molar-refractivity contribution in [3.8, 4) is 0 Å². The second kappa shape index (κ2) is 6.18. The molecule has 1 aliphatic rings. The normalized spacial score (nSPS) is 18.4. The highest BCUT2D eigenvalue weighted by atomic mass is 16.9. The van der Waals surface area contributed by atoms with Crippen LogP contribution in [0.5, 0.6) is 0 Å². The van der Waals surface area contributed by atoms with Crippen molar-refractivity contribution >= 4 is 5.97 Å². The molecule has 0 fully saturated rings. The number of nitrogens with zero attached hydrogens (tertiary/aromatic N) is 1. The predicted molar refractivity (Wildman–Crippen MR) is 83.0 cm³/mol. The predicted octanol–water partition coefficient (Wildman–Crippen LogP) is 3.13. The molecule has 0 spiro atoms. The lowest BCUT2D eigenvalue weighted by Gasteiger charge is -2.28. The third kappa shape index (κ3) is 3.46. The number of rotatable bonds is 5. The summed E-state index contributed by atoms with van der Waals surface area (Å²) in [5.41, 5.74) is 5.34. The van der Waals surface area contributed by atoms with E-state index < -0.39 is 5.09 Å². The van der Waals surface area contributed by atoms with E-state index in [4.69, 9.17) is 9.94 Å². The van der Waals surface area contributed by atoms with Gasteiger partial charge in [-0.05, 0) is 48.1 Å². The molecule has 23 heavy (non-hydrogen) atoms. The Kier molecular flexibility index (Phi) is 4.63. The minimum Gasteiger partial charge on any atom is -0.457 e. The summed E-state index contributed by atoms with van der Waals surface area (Å²) in [6.45, 7) is 9.73. The van der Waals surface area contributed by atoms with Crippen LogP contribution in [0.4, 0.5) is 0 Å². The SMILES string of the molecule is CC(=O)OC1c2c(cc(C)c(CCO[N+](=O)O)c2C)CC1(C)C. The fourth-order valence-corrected chi connectivity index (χ4v) is 3.61. The van der Waals surface area contributed by atoms with Gasteiger partial charge in [0.1, 0.15) is 11.0 Å². The van der Waals surface area contributed by atoms with Gasteiger partial charge in [-0.2, -0.15) is 4.84 Å². The van der Waals surface area contributed by atoms with Crippen molar-refractivity contribution in [3.63, 3.8) is 0 Å². The average Bonchev–Trinajstić information content (AvgIpc) is 2.63. The minimum absolute atomic E-state index is 0.0854. The lowest BCUT2D eigenvalue weighted by molar-refractivity contribution is -0.975. The molecule has 126 valence electrons. The van der Waals surface area contributed by atoms with Crippen LogP contribution in [0.15, 0.2) is 6.07 Å². The first kappa shape index (κ1) is 17.2. The Balaban J connectivity index is 2.40. The number of carbonyl (C=O) groups is 1. The zero-order valence-corrected chi connectivity index (χ0v) is 14.3. The molecule has 1 aromatic rings. The monoisotopic (exact) mass is 322 g/mol. The molecule has 1 N–H and O–H groups in total. The third-order valence-corrected chi connectivity index (χ3v) is 4.52. The quantitative estimate of drug-likeness (QED) is 0.666. The highest BCUT2D eigenvalue weighted by Gasteiger charge is 2.43. The molecule has 1 atom stereocenters. The Morgan fingerprint density at radius 1 is 1.43 bits per heavy atom. The van der Waals surface area contributed by atoms with Gasteiger partial charge in [0.05, 0.1) is 0 Å². The summed E-state index contributed by atoms with van der Waals surface area (Å²) >= 11 is 0. The third-order valence-electron chi connectivity index (χ3n) is 4.52. The van der Waals surface area contributed by atoms with Gasteiger partial charge in [0.25, 0.3) is 0 Å². The number of ether oxygens (including phenoxy) is 1. The van der Waals surface area contributed by atoms with Crippen LogP contribution in [0, 0.1) is 24.2 Å². The van der Waals surface area contributed by atoms with Crippen molar-refractivity contribution in [2.45, 2.75) is 53.6 Å². The van der Waals surface area contributed by atoms with Crippen LogP contribution in [-0.4, -0.2) is 22.9 Å². The molecule has 0 radical (unpaired) electrons. The molecule has 0 bridgehead atoms. The molecule has 0 saturated heterocycles. The summed E-state index contributed by atoms with van der Waals surface area (Å²) < 4.78 is 5.60. The maximum atomic E-state index is 11.5. The second-order valence-corrected chi connectivity index (χ2v) is 6.85. The van der Waals surface area contributed by atoms with Crippen LogP contribution < -0.4 is 0 Å². The molecule has 1 unspecified atom stereocenters. The summed E-state index contributed by atoms with van der Waals surface area (Å²) in [6, 6.07) is 2.12. The average molecular weight is 322 g/mol. The summed E-state index contributed by atoms with van der Waals surface area (Å²) in [5.74, 6) is -0.289.